The van der Waals surface area contributed by atoms with Crippen LogP contribution in [0.3, 0.4) is 0 Å². The summed E-state index contributed by atoms with van der Waals surface area (Å²) in [5.41, 5.74) is 1.06. The molecule has 0 saturated heterocycles. The summed E-state index contributed by atoms with van der Waals surface area (Å²) in [5.74, 6) is 0.00473. The number of aliphatic hydroxyl groups is 1. The highest BCUT2D eigenvalue weighted by Gasteiger charge is 2.29. The molecule has 0 fully saturated rings. The van der Waals surface area contributed by atoms with Crippen molar-refractivity contribution in [1.82, 2.24) is 0 Å². The predicted molar refractivity (Wildman–Crippen MR) is 59.3 cm³/mol. The van der Waals surface area contributed by atoms with Gasteiger partial charge in [-0.25, -0.2) is 0 Å². The van der Waals surface area contributed by atoms with Gasteiger partial charge in [0.05, 0.1) is 5.60 Å². The molecule has 0 heterocycles. The molecule has 0 saturated carbocycles. The van der Waals surface area contributed by atoms with Gasteiger partial charge in [0.15, 0.2) is 5.78 Å². The first kappa shape index (κ1) is 10.1. The van der Waals surface area contributed by atoms with Crippen molar-refractivity contribution in [2.45, 2.75) is 25.4 Å². The summed E-state index contributed by atoms with van der Waals surface area (Å²) in [6, 6.07) is 9.72. The Bertz CT molecular complexity index is 402. The lowest BCUT2D eigenvalue weighted by atomic mass is 9.83. The van der Waals surface area contributed by atoms with E-state index in [9.17, 15) is 9.90 Å². The third-order valence-corrected chi connectivity index (χ3v) is 2.61. The molecule has 1 aliphatic carbocycles. The average molecular weight is 202 g/mol. The molecule has 15 heavy (non-hydrogen) atoms. The zero-order chi connectivity index (χ0) is 10.9. The summed E-state index contributed by atoms with van der Waals surface area (Å²) in [4.78, 5) is 11.4. The normalized spacial score (nSPS) is 26.3. The quantitative estimate of drug-likeness (QED) is 0.758. The molecule has 78 valence electrons. The molecule has 1 aliphatic rings. The van der Waals surface area contributed by atoms with Gasteiger partial charge in [0.25, 0.3) is 0 Å². The van der Waals surface area contributed by atoms with E-state index in [0.717, 1.165) is 11.1 Å². The number of hydrogen-bond acceptors (Lipinski definition) is 2. The molecule has 1 atom stereocenters. The lowest BCUT2D eigenvalue weighted by Crippen LogP contribution is -2.30. The van der Waals surface area contributed by atoms with Crippen LogP contribution in [0.1, 0.15) is 25.3 Å². The van der Waals surface area contributed by atoms with Crippen LogP contribution in [0.4, 0.5) is 0 Å². The zero-order valence-corrected chi connectivity index (χ0v) is 8.73. The SMILES string of the molecule is C[C@@]1(O)CC(=O)C=C(c2ccccc2)C1. The van der Waals surface area contributed by atoms with Crippen LogP contribution in [0.5, 0.6) is 0 Å². The molecule has 0 aromatic heterocycles. The van der Waals surface area contributed by atoms with Gasteiger partial charge in [0.1, 0.15) is 0 Å². The van der Waals surface area contributed by atoms with Gasteiger partial charge in [-0.05, 0) is 24.1 Å². The van der Waals surface area contributed by atoms with E-state index >= 15 is 0 Å². The topological polar surface area (TPSA) is 37.3 Å². The molecule has 1 N–H and O–H groups in total. The Morgan fingerprint density at radius 3 is 2.47 bits per heavy atom. The summed E-state index contributed by atoms with van der Waals surface area (Å²) in [6.45, 7) is 1.71. The van der Waals surface area contributed by atoms with Crippen molar-refractivity contribution < 1.29 is 9.90 Å². The van der Waals surface area contributed by atoms with Crippen molar-refractivity contribution in [2.24, 2.45) is 0 Å². The number of rotatable bonds is 1. The molecular formula is C13H14O2. The van der Waals surface area contributed by atoms with Gasteiger partial charge in [0.2, 0.25) is 0 Å². The molecule has 2 heteroatoms. The minimum atomic E-state index is -0.892. The molecular weight excluding hydrogens is 188 g/mol. The molecule has 0 radical (unpaired) electrons. The number of hydrogen-bond donors (Lipinski definition) is 1. The van der Waals surface area contributed by atoms with Crippen LogP contribution in [0.25, 0.3) is 5.57 Å². The largest absolute Gasteiger partial charge is 0.389 e. The van der Waals surface area contributed by atoms with E-state index in [4.69, 9.17) is 0 Å². The van der Waals surface area contributed by atoms with Crippen LogP contribution in [-0.4, -0.2) is 16.5 Å². The fourth-order valence-electron chi connectivity index (χ4n) is 1.98. The van der Waals surface area contributed by atoms with Gasteiger partial charge in [0, 0.05) is 12.8 Å². The van der Waals surface area contributed by atoms with E-state index in [1.165, 1.54) is 0 Å². The highest BCUT2D eigenvalue weighted by atomic mass is 16.3. The maximum atomic E-state index is 11.4. The summed E-state index contributed by atoms with van der Waals surface area (Å²) < 4.78 is 0. The second kappa shape index (κ2) is 3.63. The lowest BCUT2D eigenvalue weighted by Gasteiger charge is -2.27. The number of allylic oxidation sites excluding steroid dienone is 1. The van der Waals surface area contributed by atoms with Crippen LogP contribution in [0.2, 0.25) is 0 Å². The molecule has 0 spiro atoms. The van der Waals surface area contributed by atoms with Gasteiger partial charge in [-0.3, -0.25) is 4.79 Å². The van der Waals surface area contributed by atoms with Crippen molar-refractivity contribution in [1.29, 1.82) is 0 Å². The van der Waals surface area contributed by atoms with E-state index in [2.05, 4.69) is 0 Å². The first-order chi connectivity index (χ1) is 7.07. The fraction of sp³-hybridized carbons (Fsp3) is 0.308. The third kappa shape index (κ3) is 2.34. The van der Waals surface area contributed by atoms with Crippen LogP contribution in [-0.2, 0) is 4.79 Å². The Morgan fingerprint density at radius 2 is 1.87 bits per heavy atom. The summed E-state index contributed by atoms with van der Waals surface area (Å²) in [6.07, 6.45) is 2.42. The first-order valence-corrected chi connectivity index (χ1v) is 5.08. The zero-order valence-electron chi connectivity index (χ0n) is 8.73. The van der Waals surface area contributed by atoms with Crippen LogP contribution >= 0.6 is 0 Å². The molecule has 2 nitrogen and oxygen atoms in total. The first-order valence-electron chi connectivity index (χ1n) is 5.08. The Hall–Kier alpha value is -1.41. The summed E-state index contributed by atoms with van der Waals surface area (Å²) >= 11 is 0. The Labute approximate surface area is 89.2 Å². The van der Waals surface area contributed by atoms with Crippen molar-refractivity contribution in [3.63, 3.8) is 0 Å². The van der Waals surface area contributed by atoms with Gasteiger partial charge in [-0.1, -0.05) is 30.3 Å². The standard InChI is InChI=1S/C13H14O2/c1-13(15)8-11(7-12(14)9-13)10-5-3-2-4-6-10/h2-7,15H,8-9H2,1H3/t13-/m0/s1. The molecule has 2 rings (SSSR count). The van der Waals surface area contributed by atoms with Crippen molar-refractivity contribution in [3.05, 3.63) is 42.0 Å². The molecule has 0 amide bonds. The Kier molecular flexibility index (Phi) is 2.45. The van der Waals surface area contributed by atoms with Gasteiger partial charge in [-0.15, -0.1) is 0 Å². The monoisotopic (exact) mass is 202 g/mol. The van der Waals surface area contributed by atoms with Crippen LogP contribution < -0.4 is 0 Å². The van der Waals surface area contributed by atoms with Gasteiger partial charge in [-0.2, -0.15) is 0 Å². The fourth-order valence-corrected chi connectivity index (χ4v) is 1.98. The average Bonchev–Trinajstić information content (AvgIpc) is 2.16. The molecule has 0 unspecified atom stereocenters. The van der Waals surface area contributed by atoms with Crippen molar-refractivity contribution in [3.8, 4) is 0 Å². The Morgan fingerprint density at radius 1 is 1.20 bits per heavy atom. The number of carbonyl (C=O) groups excluding carboxylic acids is 1. The van der Waals surface area contributed by atoms with Crippen molar-refractivity contribution >= 4 is 11.4 Å². The number of carbonyl (C=O) groups is 1. The van der Waals surface area contributed by atoms with Gasteiger partial charge >= 0.3 is 0 Å². The van der Waals surface area contributed by atoms with E-state index in [1.807, 2.05) is 30.3 Å². The second-order valence-corrected chi connectivity index (χ2v) is 4.35. The van der Waals surface area contributed by atoms with E-state index in [-0.39, 0.29) is 12.2 Å². The molecule has 1 aromatic rings. The molecule has 1 aromatic carbocycles. The summed E-state index contributed by atoms with van der Waals surface area (Å²) in [7, 11) is 0. The summed E-state index contributed by atoms with van der Waals surface area (Å²) in [5, 5.41) is 9.91. The molecule has 0 aliphatic heterocycles. The smallest absolute Gasteiger partial charge is 0.158 e. The van der Waals surface area contributed by atoms with E-state index in [1.54, 1.807) is 13.0 Å². The predicted octanol–water partition coefficient (Wildman–Crippen LogP) is 2.18. The maximum absolute atomic E-state index is 11.4. The van der Waals surface area contributed by atoms with Crippen LogP contribution in [0.15, 0.2) is 36.4 Å². The highest BCUT2D eigenvalue weighted by molar-refractivity contribution is 5.99. The lowest BCUT2D eigenvalue weighted by molar-refractivity contribution is -0.119. The van der Waals surface area contributed by atoms with Gasteiger partial charge < -0.3 is 5.11 Å². The molecule has 0 bridgehead atoms. The second-order valence-electron chi connectivity index (χ2n) is 4.35. The van der Waals surface area contributed by atoms with Crippen molar-refractivity contribution in [2.75, 3.05) is 0 Å². The number of ketones is 1. The number of benzene rings is 1. The highest BCUT2D eigenvalue weighted by Crippen LogP contribution is 2.31. The van der Waals surface area contributed by atoms with Crippen LogP contribution in [0, 0.1) is 0 Å². The Balaban J connectivity index is 2.35. The maximum Gasteiger partial charge on any atom is 0.158 e. The van der Waals surface area contributed by atoms with E-state index in [0.29, 0.717) is 6.42 Å². The third-order valence-electron chi connectivity index (χ3n) is 2.61. The minimum absolute atomic E-state index is 0.00473. The minimum Gasteiger partial charge on any atom is -0.389 e. The van der Waals surface area contributed by atoms with E-state index < -0.39 is 5.60 Å².